The first kappa shape index (κ1) is 20.2. The summed E-state index contributed by atoms with van der Waals surface area (Å²) in [6, 6.07) is 2.08. The predicted octanol–water partition coefficient (Wildman–Crippen LogP) is 2.97. The first-order valence-corrected chi connectivity index (χ1v) is 9.15. The van der Waals surface area contributed by atoms with E-state index in [0.29, 0.717) is 12.0 Å². The van der Waals surface area contributed by atoms with Gasteiger partial charge in [0.1, 0.15) is 23.3 Å². The zero-order chi connectivity index (χ0) is 20.9. The average Bonchev–Trinajstić information content (AvgIpc) is 3.18. The molecule has 1 heterocycles. The van der Waals surface area contributed by atoms with Crippen molar-refractivity contribution in [3.8, 4) is 0 Å². The van der Waals surface area contributed by atoms with Crippen LogP contribution in [0.2, 0.25) is 0 Å². The van der Waals surface area contributed by atoms with Crippen molar-refractivity contribution in [2.24, 2.45) is 5.92 Å². The minimum absolute atomic E-state index is 0.0225. The van der Waals surface area contributed by atoms with E-state index < -0.39 is 52.5 Å². The SMILES string of the molecule is CCOC(=O)C(=O)C1C2CC2(c2cc(F)cc(F)c2)CN1C(=O)OC(C)(C)C. The third kappa shape index (κ3) is 3.59. The molecule has 1 saturated carbocycles. The van der Waals surface area contributed by atoms with E-state index >= 15 is 0 Å². The smallest absolute Gasteiger partial charge is 0.410 e. The molecule has 3 rings (SSSR count). The number of benzene rings is 1. The fourth-order valence-electron chi connectivity index (χ4n) is 3.96. The van der Waals surface area contributed by atoms with Crippen LogP contribution in [0.4, 0.5) is 13.6 Å². The molecule has 0 N–H and O–H groups in total. The van der Waals surface area contributed by atoms with Crippen LogP contribution >= 0.6 is 0 Å². The predicted molar refractivity (Wildman–Crippen MR) is 94.5 cm³/mol. The molecule has 1 aromatic rings. The van der Waals surface area contributed by atoms with Gasteiger partial charge in [-0.1, -0.05) is 0 Å². The minimum Gasteiger partial charge on any atom is -0.460 e. The Labute approximate surface area is 161 Å². The number of esters is 1. The van der Waals surface area contributed by atoms with Crippen LogP contribution in [0, 0.1) is 17.6 Å². The Hall–Kier alpha value is -2.51. The van der Waals surface area contributed by atoms with E-state index in [1.807, 2.05) is 0 Å². The maximum atomic E-state index is 13.7. The average molecular weight is 395 g/mol. The summed E-state index contributed by atoms with van der Waals surface area (Å²) in [5.41, 5.74) is -1.23. The molecule has 3 atom stereocenters. The first-order valence-electron chi connectivity index (χ1n) is 9.15. The van der Waals surface area contributed by atoms with Crippen molar-refractivity contribution >= 4 is 17.8 Å². The van der Waals surface area contributed by atoms with Crippen LogP contribution in [0.5, 0.6) is 0 Å². The molecule has 1 aromatic carbocycles. The first-order chi connectivity index (χ1) is 13.0. The number of halogens is 2. The minimum atomic E-state index is -1.08. The molecule has 28 heavy (non-hydrogen) atoms. The molecule has 1 saturated heterocycles. The molecule has 1 amide bonds. The van der Waals surface area contributed by atoms with Crippen LogP contribution in [-0.2, 0) is 24.5 Å². The van der Waals surface area contributed by atoms with Crippen LogP contribution in [0.1, 0.15) is 39.7 Å². The van der Waals surface area contributed by atoms with E-state index in [9.17, 15) is 23.2 Å². The Bertz CT molecular complexity index is 814. The molecule has 3 unspecified atom stereocenters. The number of ketones is 1. The lowest BCUT2D eigenvalue weighted by atomic mass is 9.93. The van der Waals surface area contributed by atoms with Crippen molar-refractivity contribution in [2.75, 3.05) is 13.2 Å². The summed E-state index contributed by atoms with van der Waals surface area (Å²) in [5.74, 6) is -3.79. The summed E-state index contributed by atoms with van der Waals surface area (Å²) in [4.78, 5) is 38.6. The van der Waals surface area contributed by atoms with E-state index in [1.165, 1.54) is 17.0 Å². The quantitative estimate of drug-likeness (QED) is 0.579. The number of rotatable bonds is 4. The van der Waals surface area contributed by atoms with Gasteiger partial charge in [-0.05, 0) is 57.7 Å². The van der Waals surface area contributed by atoms with Crippen molar-refractivity contribution in [1.29, 1.82) is 0 Å². The summed E-state index contributed by atoms with van der Waals surface area (Å²) in [6.07, 6.45) is -0.316. The van der Waals surface area contributed by atoms with Gasteiger partial charge >= 0.3 is 12.1 Å². The maximum Gasteiger partial charge on any atom is 0.410 e. The lowest BCUT2D eigenvalue weighted by molar-refractivity contribution is -0.155. The van der Waals surface area contributed by atoms with Crippen LogP contribution in [0.15, 0.2) is 18.2 Å². The Morgan fingerprint density at radius 2 is 1.79 bits per heavy atom. The maximum absolute atomic E-state index is 13.7. The fourth-order valence-corrected chi connectivity index (χ4v) is 3.96. The number of hydrogen-bond donors (Lipinski definition) is 0. The van der Waals surface area contributed by atoms with Gasteiger partial charge in [0.05, 0.1) is 6.61 Å². The van der Waals surface area contributed by atoms with E-state index in [4.69, 9.17) is 9.47 Å². The third-order valence-electron chi connectivity index (χ3n) is 5.11. The van der Waals surface area contributed by atoms with Gasteiger partial charge in [-0.25, -0.2) is 18.4 Å². The molecule has 0 spiro atoms. The van der Waals surface area contributed by atoms with Crippen molar-refractivity contribution < 1.29 is 32.6 Å². The molecule has 6 nitrogen and oxygen atoms in total. The second-order valence-corrected chi connectivity index (χ2v) is 8.26. The normalized spacial score (nSPS) is 25.9. The van der Waals surface area contributed by atoms with Gasteiger partial charge in [0.2, 0.25) is 0 Å². The summed E-state index contributed by atoms with van der Waals surface area (Å²) in [6.45, 7) is 6.67. The third-order valence-corrected chi connectivity index (χ3v) is 5.11. The largest absolute Gasteiger partial charge is 0.460 e. The Balaban J connectivity index is 1.95. The van der Waals surface area contributed by atoms with Gasteiger partial charge in [-0.2, -0.15) is 0 Å². The molecule has 0 aromatic heterocycles. The van der Waals surface area contributed by atoms with Crippen LogP contribution in [-0.4, -0.2) is 47.5 Å². The molecule has 0 bridgehead atoms. The highest BCUT2D eigenvalue weighted by Crippen LogP contribution is 2.62. The Kier molecular flexibility index (Phi) is 4.93. The van der Waals surface area contributed by atoms with Gasteiger partial charge < -0.3 is 9.47 Å². The number of amides is 1. The van der Waals surface area contributed by atoms with Gasteiger partial charge in [-0.15, -0.1) is 0 Å². The molecule has 0 radical (unpaired) electrons. The molecule has 8 heteroatoms. The van der Waals surface area contributed by atoms with E-state index in [2.05, 4.69) is 0 Å². The van der Waals surface area contributed by atoms with E-state index in [1.54, 1.807) is 27.7 Å². The van der Waals surface area contributed by atoms with Crippen molar-refractivity contribution in [1.82, 2.24) is 4.90 Å². The molecule has 1 aliphatic carbocycles. The van der Waals surface area contributed by atoms with Crippen molar-refractivity contribution in [3.05, 3.63) is 35.4 Å². The number of Topliss-reactive ketones (excluding diaryl/α,β-unsaturated/α-hetero) is 1. The van der Waals surface area contributed by atoms with Gasteiger partial charge in [-0.3, -0.25) is 9.69 Å². The number of ether oxygens (including phenoxy) is 2. The number of carbonyl (C=O) groups is 3. The molecule has 1 aliphatic heterocycles. The highest BCUT2D eigenvalue weighted by molar-refractivity contribution is 6.36. The summed E-state index contributed by atoms with van der Waals surface area (Å²) < 4.78 is 37.7. The molecular formula is C20H23F2NO5. The molecular weight excluding hydrogens is 372 g/mol. The second-order valence-electron chi connectivity index (χ2n) is 8.26. The topological polar surface area (TPSA) is 72.9 Å². The molecule has 2 fully saturated rings. The van der Waals surface area contributed by atoms with E-state index in [-0.39, 0.29) is 13.2 Å². The standard InChI is InChI=1S/C20H23F2NO5/c1-5-27-17(25)16(24)15-14-9-20(14,11-6-12(21)8-13(22)7-11)10-23(15)18(26)28-19(2,3)4/h6-8,14-15H,5,9-10H2,1-4H3. The van der Waals surface area contributed by atoms with E-state index in [0.717, 1.165) is 6.07 Å². The zero-order valence-corrected chi connectivity index (χ0v) is 16.3. The highest BCUT2D eigenvalue weighted by Gasteiger charge is 2.69. The Morgan fingerprint density at radius 3 is 2.32 bits per heavy atom. The summed E-state index contributed by atoms with van der Waals surface area (Å²) >= 11 is 0. The van der Waals surface area contributed by atoms with Gasteiger partial charge in [0, 0.05) is 18.0 Å². The lowest BCUT2D eigenvalue weighted by Gasteiger charge is -2.29. The summed E-state index contributed by atoms with van der Waals surface area (Å²) in [7, 11) is 0. The van der Waals surface area contributed by atoms with Gasteiger partial charge in [0.25, 0.3) is 5.78 Å². The number of nitrogens with zero attached hydrogens (tertiary/aromatic N) is 1. The number of hydrogen-bond acceptors (Lipinski definition) is 5. The number of likely N-dealkylation sites (tertiary alicyclic amines) is 1. The fraction of sp³-hybridized carbons (Fsp3) is 0.550. The lowest BCUT2D eigenvalue weighted by Crippen LogP contribution is -2.48. The van der Waals surface area contributed by atoms with Gasteiger partial charge in [0.15, 0.2) is 0 Å². The number of carbonyl (C=O) groups excluding carboxylic acids is 3. The second kappa shape index (κ2) is 6.83. The molecule has 152 valence electrons. The zero-order valence-electron chi connectivity index (χ0n) is 16.3. The summed E-state index contributed by atoms with van der Waals surface area (Å²) in [5, 5.41) is 0. The highest BCUT2D eigenvalue weighted by atomic mass is 19.1. The van der Waals surface area contributed by atoms with Crippen LogP contribution in [0.25, 0.3) is 0 Å². The number of piperidine rings is 1. The molecule has 2 aliphatic rings. The van der Waals surface area contributed by atoms with Crippen molar-refractivity contribution in [3.63, 3.8) is 0 Å². The van der Waals surface area contributed by atoms with Crippen molar-refractivity contribution in [2.45, 2.75) is 51.2 Å². The Morgan fingerprint density at radius 1 is 1.18 bits per heavy atom. The monoisotopic (exact) mass is 395 g/mol. The number of fused-ring (bicyclic) bond motifs is 1. The van der Waals surface area contributed by atoms with Crippen LogP contribution < -0.4 is 0 Å². The van der Waals surface area contributed by atoms with Crippen LogP contribution in [0.3, 0.4) is 0 Å².